The van der Waals surface area contributed by atoms with Crippen molar-refractivity contribution >= 4 is 5.91 Å². The normalized spacial score (nSPS) is 20.2. The zero-order valence-corrected chi connectivity index (χ0v) is 17.3. The molecule has 0 radical (unpaired) electrons. The van der Waals surface area contributed by atoms with Gasteiger partial charge in [0.2, 0.25) is 5.91 Å². The highest BCUT2D eigenvalue weighted by Crippen LogP contribution is 2.59. The van der Waals surface area contributed by atoms with Crippen molar-refractivity contribution in [1.29, 1.82) is 0 Å². The van der Waals surface area contributed by atoms with Crippen molar-refractivity contribution in [1.82, 2.24) is 10.2 Å². The summed E-state index contributed by atoms with van der Waals surface area (Å²) in [4.78, 5) is 14.8. The Hall–Kier alpha value is -2.47. The number of para-hydroxylation sites is 1. The molecule has 2 aromatic rings. The highest BCUT2D eigenvalue weighted by molar-refractivity contribution is 5.82. The van der Waals surface area contributed by atoms with Crippen molar-refractivity contribution < 1.29 is 18.3 Å². The fraction of sp³-hybridized carbons (Fsp3) is 0.458. The lowest BCUT2D eigenvalue weighted by molar-refractivity contribution is -0.123. The van der Waals surface area contributed by atoms with E-state index < -0.39 is 11.6 Å². The molecule has 1 saturated heterocycles. The maximum atomic E-state index is 13.4. The van der Waals surface area contributed by atoms with Gasteiger partial charge < -0.3 is 10.1 Å². The number of nitrogens with zero attached hydrogens (tertiary/aromatic N) is 1. The van der Waals surface area contributed by atoms with Crippen LogP contribution in [0.2, 0.25) is 0 Å². The van der Waals surface area contributed by atoms with Crippen LogP contribution in [0, 0.1) is 23.0 Å². The van der Waals surface area contributed by atoms with Gasteiger partial charge in [0.25, 0.3) is 0 Å². The van der Waals surface area contributed by atoms with Crippen molar-refractivity contribution in [2.24, 2.45) is 11.3 Å². The molecule has 2 aliphatic rings. The van der Waals surface area contributed by atoms with E-state index in [-0.39, 0.29) is 17.2 Å². The maximum absolute atomic E-state index is 13.4. The Labute approximate surface area is 176 Å². The number of halogens is 2. The standard InChI is InChI=1S/C24H28F2N2O2/c1-30-22-5-3-2-4-18(22)6-9-27-23(29)21-15-24(21)7-10-28(11-8-24)16-17-12-19(25)14-20(26)13-17/h2-5,12-14,21H,6-11,15-16H2,1H3,(H,27,29)/t21-/m0/s1. The van der Waals surface area contributed by atoms with Gasteiger partial charge in [0, 0.05) is 25.1 Å². The molecule has 2 aromatic carbocycles. The first-order valence-corrected chi connectivity index (χ1v) is 10.6. The van der Waals surface area contributed by atoms with Crippen LogP contribution in [0.4, 0.5) is 8.78 Å². The number of ether oxygens (including phenoxy) is 1. The van der Waals surface area contributed by atoms with E-state index in [1.165, 1.54) is 12.1 Å². The Bertz CT molecular complexity index is 890. The summed E-state index contributed by atoms with van der Waals surface area (Å²) in [5.41, 5.74) is 1.86. The zero-order valence-electron chi connectivity index (χ0n) is 17.3. The topological polar surface area (TPSA) is 41.6 Å². The van der Waals surface area contributed by atoms with E-state index >= 15 is 0 Å². The van der Waals surface area contributed by atoms with E-state index in [9.17, 15) is 13.6 Å². The van der Waals surface area contributed by atoms with Crippen LogP contribution in [-0.2, 0) is 17.8 Å². The molecule has 0 bridgehead atoms. The molecule has 1 heterocycles. The second-order valence-corrected chi connectivity index (χ2v) is 8.53. The third-order valence-corrected chi connectivity index (χ3v) is 6.57. The lowest BCUT2D eigenvalue weighted by Crippen LogP contribution is -2.37. The Morgan fingerprint density at radius 1 is 1.17 bits per heavy atom. The first kappa shape index (κ1) is 20.8. The van der Waals surface area contributed by atoms with Crippen LogP contribution in [0.25, 0.3) is 0 Å². The summed E-state index contributed by atoms with van der Waals surface area (Å²) in [6, 6.07) is 11.5. The van der Waals surface area contributed by atoms with Gasteiger partial charge in [-0.1, -0.05) is 18.2 Å². The molecule has 6 heteroatoms. The van der Waals surface area contributed by atoms with Gasteiger partial charge in [-0.3, -0.25) is 9.69 Å². The number of benzene rings is 2. The number of amides is 1. The lowest BCUT2D eigenvalue weighted by Gasteiger charge is -2.32. The first-order valence-electron chi connectivity index (χ1n) is 10.6. The number of carbonyl (C=O) groups excluding carboxylic acids is 1. The van der Waals surface area contributed by atoms with Crippen molar-refractivity contribution in [3.05, 3.63) is 65.2 Å². The summed E-state index contributed by atoms with van der Waals surface area (Å²) in [6.07, 6.45) is 3.59. The largest absolute Gasteiger partial charge is 0.496 e. The Morgan fingerprint density at radius 3 is 2.57 bits per heavy atom. The molecule has 1 atom stereocenters. The van der Waals surface area contributed by atoms with Gasteiger partial charge in [0.1, 0.15) is 17.4 Å². The second-order valence-electron chi connectivity index (χ2n) is 8.53. The Balaban J connectivity index is 1.23. The van der Waals surface area contributed by atoms with Gasteiger partial charge in [-0.05, 0) is 73.5 Å². The van der Waals surface area contributed by atoms with E-state index in [4.69, 9.17) is 4.74 Å². The molecule has 160 valence electrons. The number of piperidine rings is 1. The van der Waals surface area contributed by atoms with Crippen LogP contribution in [0.5, 0.6) is 5.75 Å². The Kier molecular flexibility index (Phi) is 6.04. The SMILES string of the molecule is COc1ccccc1CCNC(=O)[C@@H]1CC12CCN(Cc1cc(F)cc(F)c1)CC2. The van der Waals surface area contributed by atoms with Crippen molar-refractivity contribution in [2.75, 3.05) is 26.7 Å². The van der Waals surface area contributed by atoms with Gasteiger partial charge in [-0.25, -0.2) is 8.78 Å². The van der Waals surface area contributed by atoms with E-state index in [2.05, 4.69) is 10.2 Å². The summed E-state index contributed by atoms with van der Waals surface area (Å²) in [5, 5.41) is 3.09. The average molecular weight is 414 g/mol. The lowest BCUT2D eigenvalue weighted by atomic mass is 9.90. The number of likely N-dealkylation sites (tertiary alicyclic amines) is 1. The van der Waals surface area contributed by atoms with E-state index in [0.717, 1.165) is 56.2 Å². The number of carbonyl (C=O) groups is 1. The molecule has 4 nitrogen and oxygen atoms in total. The quantitative estimate of drug-likeness (QED) is 0.746. The minimum absolute atomic E-state index is 0.0870. The molecule has 0 aromatic heterocycles. The fourth-order valence-corrected chi connectivity index (χ4v) is 4.74. The van der Waals surface area contributed by atoms with E-state index in [1.54, 1.807) is 7.11 Å². The van der Waals surface area contributed by atoms with Gasteiger partial charge in [0.15, 0.2) is 0 Å². The summed E-state index contributed by atoms with van der Waals surface area (Å²) in [5.74, 6) is 0.00531. The smallest absolute Gasteiger partial charge is 0.223 e. The van der Waals surface area contributed by atoms with Crippen LogP contribution >= 0.6 is 0 Å². The fourth-order valence-electron chi connectivity index (χ4n) is 4.74. The number of nitrogens with one attached hydrogen (secondary N) is 1. The van der Waals surface area contributed by atoms with Crippen molar-refractivity contribution in [3.8, 4) is 5.75 Å². The van der Waals surface area contributed by atoms with Crippen LogP contribution in [-0.4, -0.2) is 37.6 Å². The zero-order chi connectivity index (χ0) is 21.1. The maximum Gasteiger partial charge on any atom is 0.223 e. The molecule has 1 amide bonds. The number of methoxy groups -OCH3 is 1. The average Bonchev–Trinajstić information content (AvgIpc) is 3.43. The molecule has 1 saturated carbocycles. The summed E-state index contributed by atoms with van der Waals surface area (Å²) in [6.45, 7) is 2.84. The summed E-state index contributed by atoms with van der Waals surface area (Å²) in [7, 11) is 1.66. The van der Waals surface area contributed by atoms with Crippen molar-refractivity contribution in [3.63, 3.8) is 0 Å². The molecule has 1 spiro atoms. The van der Waals surface area contributed by atoms with E-state index in [0.29, 0.717) is 18.7 Å². The predicted octanol–water partition coefficient (Wildman–Crippen LogP) is 3.93. The highest BCUT2D eigenvalue weighted by Gasteiger charge is 2.58. The van der Waals surface area contributed by atoms with Crippen LogP contribution in [0.3, 0.4) is 0 Å². The van der Waals surface area contributed by atoms with Gasteiger partial charge in [-0.15, -0.1) is 0 Å². The molecule has 1 aliphatic carbocycles. The molecular formula is C24H28F2N2O2. The molecular weight excluding hydrogens is 386 g/mol. The predicted molar refractivity (Wildman–Crippen MR) is 111 cm³/mol. The summed E-state index contributed by atoms with van der Waals surface area (Å²) < 4.78 is 32.2. The molecule has 1 aliphatic heterocycles. The van der Waals surface area contributed by atoms with E-state index in [1.807, 2.05) is 24.3 Å². The molecule has 1 N–H and O–H groups in total. The number of rotatable bonds is 7. The summed E-state index contributed by atoms with van der Waals surface area (Å²) >= 11 is 0. The van der Waals surface area contributed by atoms with Gasteiger partial charge in [0.05, 0.1) is 7.11 Å². The molecule has 2 fully saturated rings. The third kappa shape index (κ3) is 4.64. The first-order chi connectivity index (χ1) is 14.5. The minimum atomic E-state index is -0.537. The minimum Gasteiger partial charge on any atom is -0.496 e. The van der Waals surface area contributed by atoms with Gasteiger partial charge in [-0.2, -0.15) is 0 Å². The number of hydrogen-bond acceptors (Lipinski definition) is 3. The second kappa shape index (κ2) is 8.72. The van der Waals surface area contributed by atoms with Crippen LogP contribution < -0.4 is 10.1 Å². The highest BCUT2D eigenvalue weighted by atomic mass is 19.1. The van der Waals surface area contributed by atoms with Crippen molar-refractivity contribution in [2.45, 2.75) is 32.2 Å². The molecule has 4 rings (SSSR count). The Morgan fingerprint density at radius 2 is 1.87 bits per heavy atom. The monoisotopic (exact) mass is 414 g/mol. The molecule has 30 heavy (non-hydrogen) atoms. The molecule has 0 unspecified atom stereocenters. The number of hydrogen-bond donors (Lipinski definition) is 1. The van der Waals surface area contributed by atoms with Gasteiger partial charge >= 0.3 is 0 Å². The van der Waals surface area contributed by atoms with Crippen LogP contribution in [0.15, 0.2) is 42.5 Å². The van der Waals surface area contributed by atoms with Crippen LogP contribution in [0.1, 0.15) is 30.4 Å². The third-order valence-electron chi connectivity index (χ3n) is 6.57.